The maximum Gasteiger partial charge on any atom is 0.265 e. The van der Waals surface area contributed by atoms with Gasteiger partial charge in [0.1, 0.15) is 4.88 Å². The first-order valence-electron chi connectivity index (χ1n) is 9.59. The average molecular weight is 450 g/mol. The summed E-state index contributed by atoms with van der Waals surface area (Å²) in [5.74, 6) is -0.464. The molecule has 0 aromatic carbocycles. The van der Waals surface area contributed by atoms with Crippen LogP contribution >= 0.6 is 11.3 Å². The van der Waals surface area contributed by atoms with Crippen LogP contribution in [0, 0.1) is 6.92 Å². The van der Waals surface area contributed by atoms with E-state index in [2.05, 4.69) is 11.9 Å². The number of aryl methyl sites for hydroxylation is 2. The molecular weight excluding hydrogens is 422 g/mol. The number of sulfone groups is 1. The highest BCUT2D eigenvalue weighted by Gasteiger charge is 2.41. The molecule has 0 bridgehead atoms. The minimum atomic E-state index is -3.65. The molecule has 3 rings (SSSR count). The van der Waals surface area contributed by atoms with Gasteiger partial charge >= 0.3 is 0 Å². The lowest BCUT2D eigenvalue weighted by Crippen LogP contribution is -2.52. The van der Waals surface area contributed by atoms with Crippen molar-refractivity contribution >= 4 is 37.1 Å². The summed E-state index contributed by atoms with van der Waals surface area (Å²) in [6.07, 6.45) is 3.13. The van der Waals surface area contributed by atoms with E-state index in [1.165, 1.54) is 15.6 Å². The fourth-order valence-corrected chi connectivity index (χ4v) is 9.17. The molecule has 2 saturated heterocycles. The van der Waals surface area contributed by atoms with Crippen LogP contribution in [0.15, 0.2) is 0 Å². The van der Waals surface area contributed by atoms with E-state index in [4.69, 9.17) is 0 Å². The number of hydrogen-bond donors (Lipinski definition) is 0. The standard InChI is InChI=1S/C17H27N3O5S3/c1-3-4-5-15-18-13(2)16(26-15)17(21)19-7-9-20(10-8-19)28(24,25)14-6-11-27(22,23)12-14/h14H,3-12H2,1-2H3. The summed E-state index contributed by atoms with van der Waals surface area (Å²) in [7, 11) is -6.92. The van der Waals surface area contributed by atoms with E-state index in [9.17, 15) is 21.6 Å². The van der Waals surface area contributed by atoms with Gasteiger partial charge in [0.25, 0.3) is 5.91 Å². The normalized spacial score (nSPS) is 23.2. The molecule has 11 heteroatoms. The first-order valence-corrected chi connectivity index (χ1v) is 13.7. The molecule has 0 N–H and O–H groups in total. The molecule has 3 heterocycles. The van der Waals surface area contributed by atoms with Crippen molar-refractivity contribution in [2.24, 2.45) is 0 Å². The van der Waals surface area contributed by atoms with Crippen LogP contribution in [0.2, 0.25) is 0 Å². The Morgan fingerprint density at radius 2 is 1.93 bits per heavy atom. The van der Waals surface area contributed by atoms with E-state index in [0.29, 0.717) is 18.0 Å². The molecule has 158 valence electrons. The van der Waals surface area contributed by atoms with E-state index in [0.717, 1.165) is 30.0 Å². The van der Waals surface area contributed by atoms with Gasteiger partial charge in [-0.25, -0.2) is 21.8 Å². The average Bonchev–Trinajstić information content (AvgIpc) is 3.21. The molecule has 8 nitrogen and oxygen atoms in total. The van der Waals surface area contributed by atoms with E-state index >= 15 is 0 Å². The van der Waals surface area contributed by atoms with Crippen molar-refractivity contribution in [3.8, 4) is 0 Å². The number of unbranched alkanes of at least 4 members (excludes halogenated alkanes) is 1. The lowest BCUT2D eigenvalue weighted by Gasteiger charge is -2.35. The van der Waals surface area contributed by atoms with E-state index in [1.807, 2.05) is 6.92 Å². The van der Waals surface area contributed by atoms with Crippen molar-refractivity contribution in [3.63, 3.8) is 0 Å². The molecule has 2 aliphatic heterocycles. The predicted octanol–water partition coefficient (Wildman–Crippen LogP) is 1.07. The fraction of sp³-hybridized carbons (Fsp3) is 0.765. The predicted molar refractivity (Wildman–Crippen MR) is 109 cm³/mol. The zero-order valence-electron chi connectivity index (χ0n) is 16.3. The molecule has 1 aromatic heterocycles. The van der Waals surface area contributed by atoms with Gasteiger partial charge in [0.05, 0.1) is 27.5 Å². The number of sulfonamides is 1. The van der Waals surface area contributed by atoms with Gasteiger partial charge in [0.2, 0.25) is 10.0 Å². The summed E-state index contributed by atoms with van der Waals surface area (Å²) >= 11 is 1.43. The maximum absolute atomic E-state index is 12.9. The van der Waals surface area contributed by atoms with Gasteiger partial charge < -0.3 is 4.90 Å². The minimum absolute atomic E-state index is 0.0691. The van der Waals surface area contributed by atoms with E-state index in [-0.39, 0.29) is 36.9 Å². The van der Waals surface area contributed by atoms with Crippen molar-refractivity contribution in [2.75, 3.05) is 37.7 Å². The molecular formula is C17H27N3O5S3. The molecule has 1 amide bonds. The number of rotatable bonds is 6. The topological polar surface area (TPSA) is 105 Å². The zero-order chi connectivity index (χ0) is 20.5. The maximum atomic E-state index is 12.9. The van der Waals surface area contributed by atoms with Gasteiger partial charge in [0.15, 0.2) is 9.84 Å². The number of nitrogens with zero attached hydrogens (tertiary/aromatic N) is 3. The number of hydrogen-bond acceptors (Lipinski definition) is 7. The van der Waals surface area contributed by atoms with Crippen molar-refractivity contribution < 1.29 is 21.6 Å². The number of thiazole rings is 1. The second kappa shape index (κ2) is 8.37. The first-order chi connectivity index (χ1) is 13.1. The third-order valence-electron chi connectivity index (χ3n) is 5.28. The number of piperazine rings is 1. The summed E-state index contributed by atoms with van der Waals surface area (Å²) in [5, 5.41) is 0.107. The summed E-state index contributed by atoms with van der Waals surface area (Å²) < 4.78 is 50.1. The quantitative estimate of drug-likeness (QED) is 0.643. The van der Waals surface area contributed by atoms with Crippen LogP contribution in [0.5, 0.6) is 0 Å². The molecule has 2 fully saturated rings. The van der Waals surface area contributed by atoms with Gasteiger partial charge in [-0.05, 0) is 26.2 Å². The van der Waals surface area contributed by atoms with Crippen LogP contribution in [-0.2, 0) is 26.3 Å². The molecule has 0 aliphatic carbocycles. The van der Waals surface area contributed by atoms with Crippen LogP contribution in [0.3, 0.4) is 0 Å². The summed E-state index contributed by atoms with van der Waals surface area (Å²) in [6.45, 7) is 4.95. The Morgan fingerprint density at radius 3 is 2.50 bits per heavy atom. The summed E-state index contributed by atoms with van der Waals surface area (Å²) in [5.41, 5.74) is 0.729. The lowest BCUT2D eigenvalue weighted by atomic mass is 10.2. The Labute approximate surface area is 170 Å². The summed E-state index contributed by atoms with van der Waals surface area (Å²) in [6, 6.07) is 0. The van der Waals surface area contributed by atoms with Gasteiger partial charge in [-0.15, -0.1) is 11.3 Å². The molecule has 1 unspecified atom stereocenters. The van der Waals surface area contributed by atoms with E-state index < -0.39 is 25.1 Å². The Balaban J connectivity index is 1.62. The monoisotopic (exact) mass is 449 g/mol. The Hall–Kier alpha value is -1.04. The third kappa shape index (κ3) is 4.58. The van der Waals surface area contributed by atoms with Crippen LogP contribution in [0.25, 0.3) is 0 Å². The highest BCUT2D eigenvalue weighted by Crippen LogP contribution is 2.25. The molecule has 28 heavy (non-hydrogen) atoms. The van der Waals surface area contributed by atoms with Crippen molar-refractivity contribution in [1.82, 2.24) is 14.2 Å². The van der Waals surface area contributed by atoms with E-state index in [1.54, 1.807) is 4.90 Å². The number of aromatic nitrogens is 1. The van der Waals surface area contributed by atoms with Gasteiger partial charge in [-0.3, -0.25) is 4.79 Å². The second-order valence-electron chi connectivity index (χ2n) is 7.39. The third-order valence-corrected chi connectivity index (χ3v) is 10.8. The number of carbonyl (C=O) groups excluding carboxylic acids is 1. The molecule has 0 spiro atoms. The second-order valence-corrected chi connectivity index (χ2v) is 12.9. The molecule has 0 radical (unpaired) electrons. The van der Waals surface area contributed by atoms with Crippen molar-refractivity contribution in [1.29, 1.82) is 0 Å². The van der Waals surface area contributed by atoms with Gasteiger partial charge in [0, 0.05) is 26.2 Å². The minimum Gasteiger partial charge on any atom is -0.335 e. The van der Waals surface area contributed by atoms with Crippen LogP contribution in [0.1, 0.15) is 46.6 Å². The first kappa shape index (κ1) is 21.7. The van der Waals surface area contributed by atoms with Crippen molar-refractivity contribution in [3.05, 3.63) is 15.6 Å². The highest BCUT2D eigenvalue weighted by molar-refractivity contribution is 7.95. The van der Waals surface area contributed by atoms with Crippen LogP contribution < -0.4 is 0 Å². The molecule has 2 aliphatic rings. The van der Waals surface area contributed by atoms with Crippen molar-refractivity contribution in [2.45, 2.75) is 44.8 Å². The van der Waals surface area contributed by atoms with Crippen LogP contribution in [0.4, 0.5) is 0 Å². The zero-order valence-corrected chi connectivity index (χ0v) is 18.7. The Bertz CT molecular complexity index is 931. The fourth-order valence-electron chi connectivity index (χ4n) is 3.58. The Morgan fingerprint density at radius 1 is 1.25 bits per heavy atom. The molecule has 1 aromatic rings. The SMILES string of the molecule is CCCCc1nc(C)c(C(=O)N2CCN(S(=O)(=O)C3CCS(=O)(=O)C3)CC2)s1. The summed E-state index contributed by atoms with van der Waals surface area (Å²) in [4.78, 5) is 19.6. The lowest BCUT2D eigenvalue weighted by molar-refractivity contribution is 0.0701. The number of carbonyl (C=O) groups is 1. The highest BCUT2D eigenvalue weighted by atomic mass is 32.2. The van der Waals surface area contributed by atoms with Gasteiger partial charge in [-0.2, -0.15) is 4.31 Å². The number of amides is 1. The Kier molecular flexibility index (Phi) is 6.48. The van der Waals surface area contributed by atoms with Gasteiger partial charge in [-0.1, -0.05) is 13.3 Å². The van der Waals surface area contributed by atoms with Crippen LogP contribution in [-0.4, -0.2) is 79.9 Å². The smallest absolute Gasteiger partial charge is 0.265 e. The molecule has 1 atom stereocenters. The largest absolute Gasteiger partial charge is 0.335 e. The molecule has 0 saturated carbocycles.